The number of pyridine rings is 1. The third-order valence-electron chi connectivity index (χ3n) is 1.72. The van der Waals surface area contributed by atoms with Gasteiger partial charge in [0.2, 0.25) is 0 Å². The minimum atomic E-state index is -3.08. The maximum absolute atomic E-state index is 13.1. The highest BCUT2D eigenvalue weighted by molar-refractivity contribution is 5.94. The number of carbonyl (C=O) groups excluding carboxylic acids is 1. The Morgan fingerprint density at radius 2 is 2.14 bits per heavy atom. The van der Waals surface area contributed by atoms with E-state index < -0.39 is 29.3 Å². The predicted octanol–water partition coefficient (Wildman–Crippen LogP) is 1.57. The molecule has 0 fully saturated rings. The molecule has 0 aromatic carbocycles. The van der Waals surface area contributed by atoms with Crippen LogP contribution in [0.15, 0.2) is 6.20 Å². The molecular weight excluding hydrogens is 197 g/mol. The van der Waals surface area contributed by atoms with Crippen LogP contribution in [-0.2, 0) is 0 Å². The van der Waals surface area contributed by atoms with Gasteiger partial charge in [-0.15, -0.1) is 0 Å². The van der Waals surface area contributed by atoms with E-state index in [1.165, 1.54) is 6.92 Å². The topological polar surface area (TPSA) is 56.0 Å². The van der Waals surface area contributed by atoms with E-state index in [0.29, 0.717) is 0 Å². The summed E-state index contributed by atoms with van der Waals surface area (Å²) in [7, 11) is 0. The van der Waals surface area contributed by atoms with Crippen LogP contribution >= 0.6 is 0 Å². The lowest BCUT2D eigenvalue weighted by molar-refractivity contribution is 0.0982. The first-order valence-electron chi connectivity index (χ1n) is 3.68. The fourth-order valence-corrected chi connectivity index (χ4v) is 1.01. The van der Waals surface area contributed by atoms with Crippen molar-refractivity contribution in [2.75, 3.05) is 0 Å². The van der Waals surface area contributed by atoms with E-state index >= 15 is 0 Å². The number of alkyl halides is 2. The molecule has 0 saturated carbocycles. The number of aromatic nitrogens is 1. The zero-order valence-electron chi connectivity index (χ0n) is 7.22. The molecule has 1 amide bonds. The van der Waals surface area contributed by atoms with Gasteiger partial charge in [0.25, 0.3) is 12.3 Å². The number of nitrogens with two attached hydrogens (primary N) is 1. The summed E-state index contributed by atoms with van der Waals surface area (Å²) in [5, 5.41) is 0. The molecule has 0 aliphatic carbocycles. The number of rotatable bonds is 2. The Bertz CT molecular complexity index is 379. The molecule has 76 valence electrons. The summed E-state index contributed by atoms with van der Waals surface area (Å²) in [6.45, 7) is 1.23. The Labute approximate surface area is 77.7 Å². The minimum Gasteiger partial charge on any atom is -0.366 e. The number of primary amides is 1. The van der Waals surface area contributed by atoms with Crippen molar-refractivity contribution in [1.29, 1.82) is 0 Å². The molecule has 0 unspecified atom stereocenters. The average Bonchev–Trinajstić information content (AvgIpc) is 2.08. The van der Waals surface area contributed by atoms with Gasteiger partial charge in [-0.05, 0) is 6.92 Å². The predicted molar refractivity (Wildman–Crippen MR) is 42.4 cm³/mol. The molecule has 1 aromatic heterocycles. The second kappa shape index (κ2) is 3.65. The summed E-state index contributed by atoms with van der Waals surface area (Å²) in [6, 6.07) is 0. The molecule has 1 heterocycles. The van der Waals surface area contributed by atoms with E-state index in [1.807, 2.05) is 0 Å². The standard InChI is InChI=1S/C8H7F3N2O/c1-3-6(9)5(7(10)11)4(2-13-3)8(12)14/h2,7H,1H3,(H2,12,14). The SMILES string of the molecule is Cc1ncc(C(N)=O)c(C(F)F)c1F. The average molecular weight is 204 g/mol. The lowest BCUT2D eigenvalue weighted by atomic mass is 10.1. The van der Waals surface area contributed by atoms with Gasteiger partial charge in [-0.2, -0.15) is 0 Å². The maximum Gasteiger partial charge on any atom is 0.267 e. The third kappa shape index (κ3) is 1.68. The summed E-state index contributed by atoms with van der Waals surface area (Å²) in [4.78, 5) is 14.1. The molecule has 0 saturated heterocycles. The number of amides is 1. The van der Waals surface area contributed by atoms with Crippen molar-refractivity contribution in [3.8, 4) is 0 Å². The summed E-state index contributed by atoms with van der Waals surface area (Å²) in [5.41, 5.74) is 3.04. The van der Waals surface area contributed by atoms with Crippen LogP contribution in [0.1, 0.15) is 28.0 Å². The molecule has 14 heavy (non-hydrogen) atoms. The normalized spacial score (nSPS) is 10.6. The van der Waals surface area contributed by atoms with Crippen molar-refractivity contribution in [1.82, 2.24) is 4.98 Å². The molecular formula is C8H7F3N2O. The summed E-state index contributed by atoms with van der Waals surface area (Å²) in [5.74, 6) is -2.30. The zero-order valence-corrected chi connectivity index (χ0v) is 7.22. The number of nitrogens with zero attached hydrogens (tertiary/aromatic N) is 1. The molecule has 0 aliphatic rings. The molecule has 1 aromatic rings. The largest absolute Gasteiger partial charge is 0.366 e. The molecule has 0 bridgehead atoms. The molecule has 1 rings (SSSR count). The molecule has 3 nitrogen and oxygen atoms in total. The second-order valence-electron chi connectivity index (χ2n) is 2.65. The van der Waals surface area contributed by atoms with Gasteiger partial charge in [0.15, 0.2) is 5.82 Å². The highest BCUT2D eigenvalue weighted by atomic mass is 19.3. The Morgan fingerprint density at radius 1 is 1.57 bits per heavy atom. The van der Waals surface area contributed by atoms with Gasteiger partial charge >= 0.3 is 0 Å². The first-order chi connectivity index (χ1) is 6.45. The van der Waals surface area contributed by atoms with Gasteiger partial charge in [0, 0.05) is 6.20 Å². The van der Waals surface area contributed by atoms with E-state index in [-0.39, 0.29) is 5.69 Å². The van der Waals surface area contributed by atoms with Gasteiger partial charge in [0.05, 0.1) is 16.8 Å². The van der Waals surface area contributed by atoms with Crippen molar-refractivity contribution < 1.29 is 18.0 Å². The third-order valence-corrected chi connectivity index (χ3v) is 1.72. The highest BCUT2D eigenvalue weighted by Gasteiger charge is 2.23. The van der Waals surface area contributed by atoms with Gasteiger partial charge in [-0.1, -0.05) is 0 Å². The molecule has 0 atom stereocenters. The summed E-state index contributed by atoms with van der Waals surface area (Å²) in [6.07, 6.45) is -2.23. The van der Waals surface area contributed by atoms with E-state index in [0.717, 1.165) is 6.20 Å². The Balaban J connectivity index is 3.45. The fourth-order valence-electron chi connectivity index (χ4n) is 1.01. The first-order valence-corrected chi connectivity index (χ1v) is 3.68. The van der Waals surface area contributed by atoms with Crippen LogP contribution in [0.25, 0.3) is 0 Å². The maximum atomic E-state index is 13.1. The minimum absolute atomic E-state index is 0.190. The Kier molecular flexibility index (Phi) is 2.73. The van der Waals surface area contributed by atoms with Crippen molar-refractivity contribution in [2.24, 2.45) is 5.73 Å². The Hall–Kier alpha value is -1.59. The van der Waals surface area contributed by atoms with Crippen LogP contribution in [0.4, 0.5) is 13.2 Å². The second-order valence-corrected chi connectivity index (χ2v) is 2.65. The summed E-state index contributed by atoms with van der Waals surface area (Å²) >= 11 is 0. The highest BCUT2D eigenvalue weighted by Crippen LogP contribution is 2.26. The van der Waals surface area contributed by atoms with Crippen LogP contribution in [0, 0.1) is 12.7 Å². The van der Waals surface area contributed by atoms with Crippen molar-refractivity contribution in [3.05, 3.63) is 28.8 Å². The fraction of sp³-hybridized carbons (Fsp3) is 0.250. The van der Waals surface area contributed by atoms with Crippen molar-refractivity contribution >= 4 is 5.91 Å². The number of hydrogen-bond donors (Lipinski definition) is 1. The number of hydrogen-bond acceptors (Lipinski definition) is 2. The van der Waals surface area contributed by atoms with E-state index in [1.54, 1.807) is 0 Å². The summed E-state index contributed by atoms with van der Waals surface area (Å²) < 4.78 is 37.8. The molecule has 2 N–H and O–H groups in total. The van der Waals surface area contributed by atoms with Crippen LogP contribution in [-0.4, -0.2) is 10.9 Å². The van der Waals surface area contributed by atoms with Crippen molar-refractivity contribution in [3.63, 3.8) is 0 Å². The molecule has 0 radical (unpaired) electrons. The lowest BCUT2D eigenvalue weighted by Crippen LogP contribution is -2.16. The lowest BCUT2D eigenvalue weighted by Gasteiger charge is -2.07. The van der Waals surface area contributed by atoms with Crippen LogP contribution < -0.4 is 5.73 Å². The monoisotopic (exact) mass is 204 g/mol. The van der Waals surface area contributed by atoms with Gasteiger partial charge < -0.3 is 5.73 Å². The smallest absolute Gasteiger partial charge is 0.267 e. The van der Waals surface area contributed by atoms with Gasteiger partial charge in [0.1, 0.15) is 0 Å². The van der Waals surface area contributed by atoms with Crippen LogP contribution in [0.3, 0.4) is 0 Å². The Morgan fingerprint density at radius 3 is 2.57 bits per heavy atom. The van der Waals surface area contributed by atoms with Gasteiger partial charge in [-0.25, -0.2) is 13.2 Å². The number of halogens is 3. The molecule has 0 aliphatic heterocycles. The van der Waals surface area contributed by atoms with Gasteiger partial charge in [-0.3, -0.25) is 9.78 Å². The van der Waals surface area contributed by atoms with E-state index in [4.69, 9.17) is 5.73 Å². The van der Waals surface area contributed by atoms with E-state index in [2.05, 4.69) is 4.98 Å². The number of aryl methyl sites for hydroxylation is 1. The van der Waals surface area contributed by atoms with E-state index in [9.17, 15) is 18.0 Å². The van der Waals surface area contributed by atoms with Crippen LogP contribution in [0.2, 0.25) is 0 Å². The molecule has 6 heteroatoms. The number of carbonyl (C=O) groups is 1. The first kappa shape index (κ1) is 10.5. The van der Waals surface area contributed by atoms with Crippen molar-refractivity contribution in [2.45, 2.75) is 13.3 Å². The van der Waals surface area contributed by atoms with Crippen LogP contribution in [0.5, 0.6) is 0 Å². The zero-order chi connectivity index (χ0) is 10.9. The molecule has 0 spiro atoms. The quantitative estimate of drug-likeness (QED) is 0.794.